The number of nitrogens with zero attached hydrogens (tertiary/aromatic N) is 2. The maximum Gasteiger partial charge on any atom is 0.244 e. The Morgan fingerprint density at radius 1 is 1.14 bits per heavy atom. The average Bonchev–Trinajstić information content (AvgIpc) is 3.32. The fourth-order valence-corrected chi connectivity index (χ4v) is 5.44. The number of carbonyl (C=O) groups is 2. The first-order chi connectivity index (χ1) is 17.0. The number of carbonyl (C=O) groups excluding carboxylic acids is 2. The van der Waals surface area contributed by atoms with E-state index in [0.717, 1.165) is 41.8 Å². The minimum atomic E-state index is -3.85. The number of anilines is 1. The number of benzene rings is 2. The van der Waals surface area contributed by atoms with Gasteiger partial charge in [0.25, 0.3) is 0 Å². The van der Waals surface area contributed by atoms with Gasteiger partial charge in [0, 0.05) is 17.6 Å². The zero-order valence-corrected chi connectivity index (χ0v) is 22.4. The molecule has 0 saturated heterocycles. The lowest BCUT2D eigenvalue weighted by Crippen LogP contribution is -2.53. The van der Waals surface area contributed by atoms with Crippen LogP contribution >= 0.6 is 11.6 Å². The van der Waals surface area contributed by atoms with Gasteiger partial charge in [0.2, 0.25) is 21.8 Å². The zero-order chi connectivity index (χ0) is 26.5. The molecule has 1 saturated carbocycles. The van der Waals surface area contributed by atoms with Crippen molar-refractivity contribution in [3.8, 4) is 0 Å². The van der Waals surface area contributed by atoms with Crippen LogP contribution in [0.2, 0.25) is 5.02 Å². The molecule has 2 aromatic rings. The van der Waals surface area contributed by atoms with E-state index in [1.54, 1.807) is 38.1 Å². The molecule has 0 aromatic heterocycles. The van der Waals surface area contributed by atoms with Crippen LogP contribution in [-0.2, 0) is 26.2 Å². The van der Waals surface area contributed by atoms with Crippen LogP contribution in [0, 0.1) is 12.7 Å². The molecule has 2 amide bonds. The molecule has 0 heterocycles. The van der Waals surface area contributed by atoms with Crippen molar-refractivity contribution in [3.05, 3.63) is 64.4 Å². The van der Waals surface area contributed by atoms with Gasteiger partial charge in [-0.05, 0) is 61.6 Å². The molecule has 0 aliphatic heterocycles. The zero-order valence-electron chi connectivity index (χ0n) is 20.8. The fraction of sp³-hybridized carbons (Fsp3) is 0.462. The third kappa shape index (κ3) is 7.20. The third-order valence-corrected chi connectivity index (χ3v) is 8.02. The van der Waals surface area contributed by atoms with Gasteiger partial charge in [-0.15, -0.1) is 0 Å². The Morgan fingerprint density at radius 2 is 1.78 bits per heavy atom. The van der Waals surface area contributed by atoms with Gasteiger partial charge in [-0.1, -0.05) is 49.6 Å². The predicted octanol–water partition coefficient (Wildman–Crippen LogP) is 4.42. The molecule has 1 aliphatic rings. The molecule has 0 unspecified atom stereocenters. The van der Waals surface area contributed by atoms with E-state index in [-0.39, 0.29) is 24.2 Å². The van der Waals surface area contributed by atoms with Gasteiger partial charge in [-0.3, -0.25) is 13.9 Å². The van der Waals surface area contributed by atoms with Crippen LogP contribution < -0.4 is 9.62 Å². The topological polar surface area (TPSA) is 86.8 Å². The van der Waals surface area contributed by atoms with Gasteiger partial charge >= 0.3 is 0 Å². The van der Waals surface area contributed by atoms with Crippen LogP contribution in [0.15, 0.2) is 42.5 Å². The quantitative estimate of drug-likeness (QED) is 0.486. The molecule has 1 atom stereocenters. The average molecular weight is 538 g/mol. The first-order valence-corrected chi connectivity index (χ1v) is 14.3. The highest BCUT2D eigenvalue weighted by molar-refractivity contribution is 7.92. The number of sulfonamides is 1. The SMILES string of the molecule is CC[C@@H](C(=O)NC1CCCC1)N(Cc1ccc(F)cc1)C(=O)CN(c1ccc(C)c(Cl)c1)S(C)(=O)=O. The van der Waals surface area contributed by atoms with Crippen molar-refractivity contribution >= 4 is 39.1 Å². The highest BCUT2D eigenvalue weighted by Gasteiger charge is 2.33. The second-order valence-corrected chi connectivity index (χ2v) is 11.6. The van der Waals surface area contributed by atoms with E-state index in [1.165, 1.54) is 23.1 Å². The van der Waals surface area contributed by atoms with Crippen LogP contribution in [-0.4, -0.2) is 50.0 Å². The van der Waals surface area contributed by atoms with Crippen LogP contribution in [0.1, 0.15) is 50.2 Å². The maximum absolute atomic E-state index is 13.7. The van der Waals surface area contributed by atoms with Gasteiger partial charge in [0.15, 0.2) is 0 Å². The molecule has 196 valence electrons. The summed E-state index contributed by atoms with van der Waals surface area (Å²) < 4.78 is 39.8. The van der Waals surface area contributed by atoms with Crippen molar-refractivity contribution in [2.24, 2.45) is 0 Å². The second kappa shape index (κ2) is 12.1. The summed E-state index contributed by atoms with van der Waals surface area (Å²) in [6.07, 6.45) is 5.22. The standard InChI is InChI=1S/C26H33ClFN3O4S/c1-4-24(26(33)29-21-7-5-6-8-21)30(16-19-10-12-20(28)13-11-19)25(32)17-31(36(3,34)35)22-14-9-18(2)23(27)15-22/h9-15,21,24H,4-8,16-17H2,1-3H3,(H,29,33)/t24-/m0/s1. The second-order valence-electron chi connectivity index (χ2n) is 9.27. The van der Waals surface area contributed by atoms with Crippen LogP contribution in [0.3, 0.4) is 0 Å². The van der Waals surface area contributed by atoms with Crippen LogP contribution in [0.5, 0.6) is 0 Å². The molecular weight excluding hydrogens is 505 g/mol. The van der Waals surface area contributed by atoms with Crippen molar-refractivity contribution in [3.63, 3.8) is 0 Å². The van der Waals surface area contributed by atoms with Gasteiger partial charge in [-0.25, -0.2) is 12.8 Å². The smallest absolute Gasteiger partial charge is 0.244 e. The molecule has 1 fully saturated rings. The fourth-order valence-electron chi connectivity index (χ4n) is 4.42. The summed E-state index contributed by atoms with van der Waals surface area (Å²) in [5.41, 5.74) is 1.65. The first-order valence-electron chi connectivity index (χ1n) is 12.1. The van der Waals surface area contributed by atoms with Crippen molar-refractivity contribution in [1.29, 1.82) is 0 Å². The van der Waals surface area contributed by atoms with Crippen LogP contribution in [0.25, 0.3) is 0 Å². The van der Waals surface area contributed by atoms with Crippen molar-refractivity contribution in [1.82, 2.24) is 10.2 Å². The lowest BCUT2D eigenvalue weighted by atomic mass is 10.1. The molecule has 1 N–H and O–H groups in total. The number of rotatable bonds is 10. The van der Waals surface area contributed by atoms with Crippen LogP contribution in [0.4, 0.5) is 10.1 Å². The minimum Gasteiger partial charge on any atom is -0.352 e. The molecule has 0 radical (unpaired) electrons. The first kappa shape index (κ1) is 27.9. The highest BCUT2D eigenvalue weighted by Crippen LogP contribution is 2.26. The van der Waals surface area contributed by atoms with E-state index in [9.17, 15) is 22.4 Å². The summed E-state index contributed by atoms with van der Waals surface area (Å²) in [6.45, 7) is 3.12. The van der Waals surface area contributed by atoms with Crippen molar-refractivity contribution in [2.75, 3.05) is 17.1 Å². The number of hydrogen-bond donors (Lipinski definition) is 1. The van der Waals surface area contributed by atoms with E-state index in [1.807, 2.05) is 0 Å². The molecule has 10 heteroatoms. The maximum atomic E-state index is 13.7. The molecule has 36 heavy (non-hydrogen) atoms. The molecule has 3 rings (SSSR count). The number of nitrogens with one attached hydrogen (secondary N) is 1. The van der Waals surface area contributed by atoms with E-state index in [2.05, 4.69) is 5.32 Å². The molecule has 1 aliphatic carbocycles. The Morgan fingerprint density at radius 3 is 2.33 bits per heavy atom. The number of halogens is 2. The van der Waals surface area contributed by atoms with E-state index >= 15 is 0 Å². The molecule has 0 bridgehead atoms. The van der Waals surface area contributed by atoms with E-state index in [0.29, 0.717) is 17.0 Å². The van der Waals surface area contributed by atoms with E-state index in [4.69, 9.17) is 11.6 Å². The Kier molecular flexibility index (Phi) is 9.35. The van der Waals surface area contributed by atoms with Gasteiger partial charge < -0.3 is 10.2 Å². The summed E-state index contributed by atoms with van der Waals surface area (Å²) in [4.78, 5) is 28.3. The number of aryl methyl sites for hydroxylation is 1. The Labute approximate surface area is 217 Å². The van der Waals surface area contributed by atoms with Crippen molar-refractivity contribution in [2.45, 2.75) is 64.6 Å². The third-order valence-electron chi connectivity index (χ3n) is 6.48. The van der Waals surface area contributed by atoms with Gasteiger partial charge in [0.05, 0.1) is 11.9 Å². The highest BCUT2D eigenvalue weighted by atomic mass is 35.5. The lowest BCUT2D eigenvalue weighted by Gasteiger charge is -2.33. The summed E-state index contributed by atoms with van der Waals surface area (Å²) in [5, 5.41) is 3.42. The monoisotopic (exact) mass is 537 g/mol. The predicted molar refractivity (Wildman–Crippen MR) is 140 cm³/mol. The summed E-state index contributed by atoms with van der Waals surface area (Å²) in [6, 6.07) is 9.69. The summed E-state index contributed by atoms with van der Waals surface area (Å²) in [5.74, 6) is -1.24. The van der Waals surface area contributed by atoms with Crippen molar-refractivity contribution < 1.29 is 22.4 Å². The molecule has 0 spiro atoms. The van der Waals surface area contributed by atoms with E-state index < -0.39 is 34.3 Å². The number of amides is 2. The largest absolute Gasteiger partial charge is 0.352 e. The normalized spacial score (nSPS) is 14.9. The molecular formula is C26H33ClFN3O4S. The summed E-state index contributed by atoms with van der Waals surface area (Å²) in [7, 11) is -3.85. The lowest BCUT2D eigenvalue weighted by molar-refractivity contribution is -0.140. The van der Waals surface area contributed by atoms with Gasteiger partial charge in [-0.2, -0.15) is 0 Å². The summed E-state index contributed by atoms with van der Waals surface area (Å²) >= 11 is 6.22. The molecule has 7 nitrogen and oxygen atoms in total. The Bertz CT molecular complexity index is 1180. The molecule has 2 aromatic carbocycles. The number of hydrogen-bond acceptors (Lipinski definition) is 4. The Balaban J connectivity index is 1.92. The minimum absolute atomic E-state index is 0.0297. The Hall–Kier alpha value is -2.65. The van der Waals surface area contributed by atoms with Gasteiger partial charge in [0.1, 0.15) is 18.4 Å².